The van der Waals surface area contributed by atoms with Gasteiger partial charge in [0.05, 0.1) is 18.0 Å². The molecule has 1 saturated heterocycles. The number of amides is 2. The van der Waals surface area contributed by atoms with Crippen LogP contribution in [0.2, 0.25) is 0 Å². The number of nitrogens with one attached hydrogen (secondary N) is 3. The second kappa shape index (κ2) is 14.3. The largest absolute Gasteiger partial charge is 0.493 e. The van der Waals surface area contributed by atoms with E-state index < -0.39 is 11.8 Å². The van der Waals surface area contributed by atoms with Crippen LogP contribution in [0.5, 0.6) is 23.1 Å². The summed E-state index contributed by atoms with van der Waals surface area (Å²) in [6, 6.07) is 29.4. The molecule has 0 aliphatic carbocycles. The van der Waals surface area contributed by atoms with Gasteiger partial charge in [0.2, 0.25) is 5.88 Å². The highest BCUT2D eigenvalue weighted by Gasteiger charge is 2.25. The Morgan fingerprint density at radius 1 is 0.804 bits per heavy atom. The summed E-state index contributed by atoms with van der Waals surface area (Å²) in [6.07, 6.45) is 3.93. The first kappa shape index (κ1) is 30.1. The molecule has 10 nitrogen and oxygen atoms in total. The van der Waals surface area contributed by atoms with Crippen LogP contribution in [-0.4, -0.2) is 35.4 Å². The first-order valence-electron chi connectivity index (χ1n) is 15.0. The van der Waals surface area contributed by atoms with Gasteiger partial charge in [0.25, 0.3) is 11.8 Å². The maximum Gasteiger partial charge on any atom is 0.263 e. The number of anilines is 2. The number of ether oxygens (including phenoxy) is 3. The maximum atomic E-state index is 13.4. The molecular formula is C36H33N5O5. The summed E-state index contributed by atoms with van der Waals surface area (Å²) >= 11 is 0. The zero-order valence-electron chi connectivity index (χ0n) is 25.3. The van der Waals surface area contributed by atoms with E-state index in [0.29, 0.717) is 70.7 Å². The molecule has 3 N–H and O–H groups in total. The summed E-state index contributed by atoms with van der Waals surface area (Å²) < 4.78 is 17.8. The summed E-state index contributed by atoms with van der Waals surface area (Å²) in [7, 11) is 1.57. The number of carbonyl (C=O) groups excluding carboxylic acids is 2. The van der Waals surface area contributed by atoms with Crippen LogP contribution < -0.4 is 30.2 Å². The van der Waals surface area contributed by atoms with Gasteiger partial charge in [-0.2, -0.15) is 0 Å². The number of allylic oxidation sites excluding steroid dienone is 1. The molecule has 0 radical (unpaired) electrons. The number of hydrogen-bond acceptors (Lipinski definition) is 8. The van der Waals surface area contributed by atoms with Crippen molar-refractivity contribution in [1.29, 1.82) is 0 Å². The molecule has 1 aliphatic heterocycles. The number of nitrogens with zero attached hydrogens (tertiary/aromatic N) is 2. The van der Waals surface area contributed by atoms with Crippen LogP contribution in [0.1, 0.15) is 24.8 Å². The van der Waals surface area contributed by atoms with Crippen LogP contribution in [0.4, 0.5) is 11.4 Å². The zero-order chi connectivity index (χ0) is 31.7. The smallest absolute Gasteiger partial charge is 0.263 e. The van der Waals surface area contributed by atoms with Crippen molar-refractivity contribution >= 4 is 34.1 Å². The molecule has 1 aliphatic rings. The average molecular weight is 616 g/mol. The lowest BCUT2D eigenvalue weighted by Gasteiger charge is -2.21. The van der Waals surface area contributed by atoms with E-state index in [1.807, 2.05) is 48.5 Å². The second-order valence-electron chi connectivity index (χ2n) is 10.6. The number of fused-ring (bicyclic) bond motifs is 1. The van der Waals surface area contributed by atoms with Gasteiger partial charge in [-0.15, -0.1) is 0 Å². The Morgan fingerprint density at radius 3 is 2.17 bits per heavy atom. The Hall–Kier alpha value is -5.90. The van der Waals surface area contributed by atoms with Gasteiger partial charge in [-0.3, -0.25) is 9.59 Å². The monoisotopic (exact) mass is 615 g/mol. The lowest BCUT2D eigenvalue weighted by Crippen LogP contribution is -2.32. The third-order valence-electron chi connectivity index (χ3n) is 7.43. The van der Waals surface area contributed by atoms with Crippen molar-refractivity contribution in [2.75, 3.05) is 24.3 Å². The van der Waals surface area contributed by atoms with Gasteiger partial charge in [-0.25, -0.2) is 9.97 Å². The molecule has 6 rings (SSSR count). The van der Waals surface area contributed by atoms with Crippen LogP contribution in [0.3, 0.4) is 0 Å². The van der Waals surface area contributed by atoms with Gasteiger partial charge in [-0.1, -0.05) is 48.5 Å². The van der Waals surface area contributed by atoms with Gasteiger partial charge in [0.15, 0.2) is 11.5 Å². The molecule has 0 spiro atoms. The fraction of sp³-hybridized carbons (Fsp3) is 0.167. The van der Waals surface area contributed by atoms with E-state index in [1.54, 1.807) is 55.6 Å². The molecule has 0 unspecified atom stereocenters. The molecule has 10 heteroatoms. The average Bonchev–Trinajstić information content (AvgIpc) is 3.09. The van der Waals surface area contributed by atoms with Crippen LogP contribution >= 0.6 is 0 Å². The third-order valence-corrected chi connectivity index (χ3v) is 7.43. The van der Waals surface area contributed by atoms with Crippen molar-refractivity contribution in [2.24, 2.45) is 0 Å². The van der Waals surface area contributed by atoms with E-state index in [0.717, 1.165) is 18.4 Å². The van der Waals surface area contributed by atoms with Crippen LogP contribution in [0, 0.1) is 0 Å². The number of piperidine rings is 1. The highest BCUT2D eigenvalue weighted by atomic mass is 16.5. The highest BCUT2D eigenvalue weighted by Crippen LogP contribution is 2.36. The van der Waals surface area contributed by atoms with E-state index in [1.165, 1.54) is 6.33 Å². The molecule has 232 valence electrons. The van der Waals surface area contributed by atoms with Crippen molar-refractivity contribution in [1.82, 2.24) is 15.3 Å². The number of rotatable bonds is 10. The van der Waals surface area contributed by atoms with E-state index in [-0.39, 0.29) is 5.57 Å². The Bertz CT molecular complexity index is 1850. The number of benzene rings is 4. The van der Waals surface area contributed by atoms with E-state index in [2.05, 4.69) is 25.9 Å². The third kappa shape index (κ3) is 7.24. The molecule has 1 fully saturated rings. The van der Waals surface area contributed by atoms with E-state index in [9.17, 15) is 9.59 Å². The maximum absolute atomic E-state index is 13.4. The number of methoxy groups -OCH3 is 1. The van der Waals surface area contributed by atoms with Crippen LogP contribution in [0.15, 0.2) is 115 Å². The molecule has 0 atom stereocenters. The number of hydrogen-bond donors (Lipinski definition) is 3. The van der Waals surface area contributed by atoms with Gasteiger partial charge in [-0.05, 0) is 67.3 Å². The molecule has 2 amide bonds. The minimum Gasteiger partial charge on any atom is -0.493 e. The molecule has 2 heterocycles. The molecule has 0 saturated carbocycles. The Labute approximate surface area is 266 Å². The van der Waals surface area contributed by atoms with Gasteiger partial charge in [0, 0.05) is 29.7 Å². The molecule has 4 aromatic carbocycles. The zero-order valence-corrected chi connectivity index (χ0v) is 25.3. The Kier molecular flexibility index (Phi) is 9.34. The summed E-state index contributed by atoms with van der Waals surface area (Å²) in [5, 5.41) is 9.58. The molecule has 1 aromatic heterocycles. The second-order valence-corrected chi connectivity index (χ2v) is 10.6. The van der Waals surface area contributed by atoms with E-state index in [4.69, 9.17) is 14.2 Å². The number of para-hydroxylation sites is 1. The van der Waals surface area contributed by atoms with Crippen LogP contribution in [0.25, 0.3) is 10.9 Å². The minimum atomic E-state index is -0.495. The van der Waals surface area contributed by atoms with Crippen molar-refractivity contribution in [2.45, 2.75) is 25.9 Å². The van der Waals surface area contributed by atoms with Crippen molar-refractivity contribution in [3.63, 3.8) is 0 Å². The summed E-state index contributed by atoms with van der Waals surface area (Å²) in [4.78, 5) is 35.4. The van der Waals surface area contributed by atoms with Gasteiger partial charge >= 0.3 is 0 Å². The lowest BCUT2D eigenvalue weighted by molar-refractivity contribution is -0.118. The predicted molar refractivity (Wildman–Crippen MR) is 176 cm³/mol. The van der Waals surface area contributed by atoms with Gasteiger partial charge < -0.3 is 30.2 Å². The predicted octanol–water partition coefficient (Wildman–Crippen LogP) is 6.61. The first-order valence-corrected chi connectivity index (χ1v) is 15.0. The molecule has 46 heavy (non-hydrogen) atoms. The first-order chi connectivity index (χ1) is 22.6. The molecule has 5 aromatic rings. The molecular weight excluding hydrogens is 582 g/mol. The fourth-order valence-electron chi connectivity index (χ4n) is 5.10. The summed E-state index contributed by atoms with van der Waals surface area (Å²) in [5.41, 5.74) is 3.48. The topological polar surface area (TPSA) is 124 Å². The van der Waals surface area contributed by atoms with Crippen molar-refractivity contribution < 1.29 is 23.8 Å². The molecule has 0 bridgehead atoms. The minimum absolute atomic E-state index is 0.0670. The van der Waals surface area contributed by atoms with Gasteiger partial charge in [0.1, 0.15) is 24.3 Å². The van der Waals surface area contributed by atoms with Crippen LogP contribution in [-0.2, 0) is 16.2 Å². The van der Waals surface area contributed by atoms with Crippen molar-refractivity contribution in [3.05, 3.63) is 120 Å². The van der Waals surface area contributed by atoms with E-state index >= 15 is 0 Å². The standard InChI is InChI=1S/C36H33N5O5/c1-44-31-20-28-30(21-32(31)45-22-24-10-4-2-5-11-24)38-23-39-36(28)46-27-17-15-26(16-18-27)41-35(43)33(29-14-8-9-19-37-29)34(42)40-25-12-6-3-7-13-25/h2-7,10-13,15-18,20-21,23,37H,8-9,14,19,22H2,1H3,(H,40,42)(H,41,43)/b33-29+. The highest BCUT2D eigenvalue weighted by molar-refractivity contribution is 6.26. The quantitative estimate of drug-likeness (QED) is 0.0911. The Morgan fingerprint density at radius 2 is 1.50 bits per heavy atom. The van der Waals surface area contributed by atoms with Crippen molar-refractivity contribution in [3.8, 4) is 23.1 Å². The normalized spacial score (nSPS) is 13.7. The number of carbonyl (C=O) groups is 2. The summed E-state index contributed by atoms with van der Waals surface area (Å²) in [5.74, 6) is 0.949. The number of aromatic nitrogens is 2. The fourth-order valence-corrected chi connectivity index (χ4v) is 5.10. The lowest BCUT2D eigenvalue weighted by atomic mass is 10.0. The Balaban J connectivity index is 1.17. The summed E-state index contributed by atoms with van der Waals surface area (Å²) in [6.45, 7) is 1.09. The SMILES string of the molecule is COc1cc2c(Oc3ccc(NC(=O)/C(C(=O)Nc4ccccc4)=C4\CCCCN4)cc3)ncnc2cc1OCc1ccccc1.